The van der Waals surface area contributed by atoms with Crippen LogP contribution in [0.5, 0.6) is 11.5 Å². The van der Waals surface area contributed by atoms with Crippen molar-refractivity contribution in [2.45, 2.75) is 19.3 Å². The monoisotopic (exact) mass is 367 g/mol. The third-order valence-corrected chi connectivity index (χ3v) is 4.55. The van der Waals surface area contributed by atoms with E-state index in [4.69, 9.17) is 14.6 Å². The average Bonchev–Trinajstić information content (AvgIpc) is 2.93. The number of nitrogens with zero attached hydrogens (tertiary/aromatic N) is 1. The molecule has 27 heavy (non-hydrogen) atoms. The number of carboxylic acids is 1. The molecule has 2 N–H and O–H groups in total. The molecule has 0 saturated carbocycles. The van der Waals surface area contributed by atoms with Gasteiger partial charge in [-0.25, -0.2) is 4.79 Å². The van der Waals surface area contributed by atoms with E-state index in [1.807, 2.05) is 18.2 Å². The van der Waals surface area contributed by atoms with E-state index >= 15 is 0 Å². The van der Waals surface area contributed by atoms with E-state index < -0.39 is 5.97 Å². The van der Waals surface area contributed by atoms with Gasteiger partial charge in [0.05, 0.1) is 18.8 Å². The second-order valence-corrected chi connectivity index (χ2v) is 6.38. The number of hydrogen-bond donors (Lipinski definition) is 2. The summed E-state index contributed by atoms with van der Waals surface area (Å²) >= 11 is 0. The molecule has 138 valence electrons. The van der Waals surface area contributed by atoms with Crippen molar-refractivity contribution in [3.05, 3.63) is 53.6 Å². The molecule has 2 aliphatic rings. The maximum atomic E-state index is 12.0. The quantitative estimate of drug-likeness (QED) is 0.814. The smallest absolute Gasteiger partial charge is 0.335 e. The second kappa shape index (κ2) is 7.11. The first kappa shape index (κ1) is 17.1. The average molecular weight is 367 g/mol. The summed E-state index contributed by atoms with van der Waals surface area (Å²) in [7, 11) is 0. The molecule has 0 saturated heterocycles. The van der Waals surface area contributed by atoms with Gasteiger partial charge < -0.3 is 14.6 Å². The number of rotatable bonds is 3. The number of hydrazone groups is 1. The van der Waals surface area contributed by atoms with Crippen LogP contribution in [-0.2, 0) is 4.79 Å². The zero-order chi connectivity index (χ0) is 18.8. The van der Waals surface area contributed by atoms with Gasteiger partial charge in [0.2, 0.25) is 11.4 Å². The van der Waals surface area contributed by atoms with Gasteiger partial charge in [-0.3, -0.25) is 4.79 Å². The van der Waals surface area contributed by atoms with Gasteiger partial charge in [-0.15, -0.1) is 5.43 Å². The van der Waals surface area contributed by atoms with Gasteiger partial charge >= 0.3 is 5.97 Å². The van der Waals surface area contributed by atoms with Gasteiger partial charge in [0.25, 0.3) is 5.91 Å². The van der Waals surface area contributed by atoms with Crippen LogP contribution in [0.15, 0.2) is 42.5 Å². The highest BCUT2D eigenvalue weighted by molar-refractivity contribution is 6.01. The number of hydrogen-bond acceptors (Lipinski definition) is 4. The molecule has 1 amide bonds. The minimum atomic E-state index is -0.990. The molecule has 2 aromatic rings. The Labute approximate surface area is 155 Å². The molecule has 0 aromatic heterocycles. The van der Waals surface area contributed by atoms with Crippen LogP contribution in [0.1, 0.15) is 35.2 Å². The Morgan fingerprint density at radius 3 is 2.48 bits per heavy atom. The summed E-state index contributed by atoms with van der Waals surface area (Å²) in [4.78, 5) is 23.0. The molecule has 4 rings (SSSR count). The van der Waals surface area contributed by atoms with Crippen molar-refractivity contribution in [3.63, 3.8) is 0 Å². The third-order valence-electron chi connectivity index (χ3n) is 4.55. The number of amides is 1. The van der Waals surface area contributed by atoms with Crippen molar-refractivity contribution >= 4 is 23.3 Å². The minimum absolute atomic E-state index is 0.0876. The number of ether oxygens (including phenoxy) is 2. The summed E-state index contributed by atoms with van der Waals surface area (Å²) in [6.07, 6.45) is 1.78. The lowest BCUT2D eigenvalue weighted by Gasteiger charge is -2.15. The Morgan fingerprint density at radius 2 is 1.74 bits per heavy atom. The molecule has 0 bridgehead atoms. The highest BCUT2D eigenvalue weighted by Crippen LogP contribution is 2.31. The molecule has 0 fully saturated rings. The van der Waals surface area contributed by atoms with Crippen LogP contribution >= 0.6 is 0 Å². The van der Waals surface area contributed by atoms with Crippen LogP contribution in [0.4, 0.5) is 5.69 Å². The normalized spacial score (nSPS) is 16.5. The first-order chi connectivity index (χ1) is 13.1. The van der Waals surface area contributed by atoms with Crippen LogP contribution < -0.4 is 14.9 Å². The van der Waals surface area contributed by atoms with Gasteiger partial charge in [0, 0.05) is 37.0 Å². The molecule has 0 spiro atoms. The first-order valence-corrected chi connectivity index (χ1v) is 8.80. The lowest BCUT2D eigenvalue weighted by Crippen LogP contribution is -2.40. The van der Waals surface area contributed by atoms with Gasteiger partial charge in [-0.2, -0.15) is 0 Å². The van der Waals surface area contributed by atoms with Crippen molar-refractivity contribution in [1.82, 2.24) is 5.43 Å². The van der Waals surface area contributed by atoms with Gasteiger partial charge in [-0.05, 0) is 30.3 Å². The molecule has 2 aromatic carbocycles. The zero-order valence-corrected chi connectivity index (χ0v) is 14.6. The van der Waals surface area contributed by atoms with Gasteiger partial charge in [-0.1, -0.05) is 4.68 Å². The number of hydrazine groups is 1. The fourth-order valence-electron chi connectivity index (χ4n) is 3.18. The lowest BCUT2D eigenvalue weighted by molar-refractivity contribution is -0.496. The largest absolute Gasteiger partial charge is 0.490 e. The van der Waals surface area contributed by atoms with Gasteiger partial charge in [0.1, 0.15) is 0 Å². The summed E-state index contributed by atoms with van der Waals surface area (Å²) in [5, 5.41) is 9.08. The number of benzene rings is 2. The molecule has 0 atom stereocenters. The minimum Gasteiger partial charge on any atom is -0.490 e. The molecule has 0 unspecified atom stereocenters. The predicted octanol–water partition coefficient (Wildman–Crippen LogP) is 2.50. The SMILES string of the molecule is O=C1CCC(c2ccc3c(c2)OCCCO3)=[N+](c2ccc(C(=O)O)cc2)N1. The number of aromatic carboxylic acids is 1. The maximum absolute atomic E-state index is 12.0. The predicted molar refractivity (Wildman–Crippen MR) is 96.9 cm³/mol. The molecule has 0 radical (unpaired) electrons. The van der Waals surface area contributed by atoms with Crippen LogP contribution in [0.3, 0.4) is 0 Å². The van der Waals surface area contributed by atoms with E-state index in [9.17, 15) is 9.59 Å². The highest BCUT2D eigenvalue weighted by Gasteiger charge is 2.29. The van der Waals surface area contributed by atoms with Crippen molar-refractivity contribution in [2.75, 3.05) is 13.2 Å². The van der Waals surface area contributed by atoms with E-state index in [0.29, 0.717) is 43.2 Å². The summed E-state index contributed by atoms with van der Waals surface area (Å²) in [6, 6.07) is 12.1. The summed E-state index contributed by atoms with van der Waals surface area (Å²) in [5.41, 5.74) is 5.57. The standard InChI is InChI=1S/C20H18N2O5/c23-19-9-7-16(14-4-8-17-18(12-14)27-11-1-10-26-17)22(21-19)15-5-2-13(3-6-15)20(24)25/h2-6,8,12H,1,7,9-11H2,(H-,21,23,24,25)/p+1. The van der Waals surface area contributed by atoms with Crippen molar-refractivity contribution in [1.29, 1.82) is 0 Å². The lowest BCUT2D eigenvalue weighted by atomic mass is 10.0. The van der Waals surface area contributed by atoms with Crippen molar-refractivity contribution < 1.29 is 28.9 Å². The van der Waals surface area contributed by atoms with E-state index in [0.717, 1.165) is 17.7 Å². The Morgan fingerprint density at radius 1 is 1.00 bits per heavy atom. The Bertz CT molecular complexity index is 934. The molecule has 7 nitrogen and oxygen atoms in total. The molecule has 0 aliphatic carbocycles. The number of carbonyl (C=O) groups excluding carboxylic acids is 1. The zero-order valence-electron chi connectivity index (χ0n) is 14.6. The maximum Gasteiger partial charge on any atom is 0.335 e. The van der Waals surface area contributed by atoms with Crippen molar-refractivity contribution in [2.24, 2.45) is 0 Å². The molecular weight excluding hydrogens is 348 g/mol. The Hall–Kier alpha value is -3.35. The Kier molecular flexibility index (Phi) is 4.50. The number of carbonyl (C=O) groups is 2. The fourth-order valence-corrected chi connectivity index (χ4v) is 3.18. The number of carboxylic acid groups (broad SMARTS) is 1. The molecule has 2 aliphatic heterocycles. The third kappa shape index (κ3) is 3.48. The van der Waals surface area contributed by atoms with E-state index in [2.05, 4.69) is 5.43 Å². The molecule has 2 heterocycles. The van der Waals surface area contributed by atoms with Crippen molar-refractivity contribution in [3.8, 4) is 11.5 Å². The van der Waals surface area contributed by atoms with E-state index in [-0.39, 0.29) is 11.5 Å². The summed E-state index contributed by atoms with van der Waals surface area (Å²) in [6.45, 7) is 1.23. The fraction of sp³-hybridized carbons (Fsp3) is 0.250. The molecule has 7 heteroatoms. The number of fused-ring (bicyclic) bond motifs is 1. The summed E-state index contributed by atoms with van der Waals surface area (Å²) in [5.74, 6) is 0.330. The highest BCUT2D eigenvalue weighted by atomic mass is 16.5. The first-order valence-electron chi connectivity index (χ1n) is 8.80. The topological polar surface area (TPSA) is 87.9 Å². The van der Waals surface area contributed by atoms with Crippen LogP contribution in [0.25, 0.3) is 0 Å². The molecular formula is C20H19N2O5+. The number of nitrogens with one attached hydrogen (secondary N) is 1. The second-order valence-electron chi connectivity index (χ2n) is 6.38. The van der Waals surface area contributed by atoms with Crippen LogP contribution in [-0.4, -0.2) is 40.6 Å². The van der Waals surface area contributed by atoms with Crippen LogP contribution in [0.2, 0.25) is 0 Å². The van der Waals surface area contributed by atoms with Crippen LogP contribution in [0, 0.1) is 0 Å². The van der Waals surface area contributed by atoms with E-state index in [1.54, 1.807) is 16.8 Å². The summed E-state index contributed by atoms with van der Waals surface area (Å²) < 4.78 is 13.2. The van der Waals surface area contributed by atoms with E-state index in [1.165, 1.54) is 12.1 Å². The Balaban J connectivity index is 1.77. The van der Waals surface area contributed by atoms with Gasteiger partial charge in [0.15, 0.2) is 11.5 Å².